The lowest BCUT2D eigenvalue weighted by molar-refractivity contribution is -0.384. The Morgan fingerprint density at radius 3 is 2.86 bits per heavy atom. The van der Waals surface area contributed by atoms with Crippen molar-refractivity contribution in [2.75, 3.05) is 16.9 Å². The Labute approximate surface area is 122 Å². The van der Waals surface area contributed by atoms with Crippen molar-refractivity contribution in [3.8, 4) is 0 Å². The first-order valence-electron chi connectivity index (χ1n) is 5.72. The lowest BCUT2D eigenvalue weighted by atomic mass is 10.2. The van der Waals surface area contributed by atoms with Crippen LogP contribution in [0, 0.1) is 15.9 Å². The molecule has 0 aromatic heterocycles. The standard InChI is InChI=1S/C11H10FN3O5S/c12-7-2-1-6(15(19)20)3-8(7)13-11(18)14-5-21-4-9(14)10(16)17/h1-3,9H,4-5H2,(H,13,18)(H,16,17)/t9-/m0/s1. The topological polar surface area (TPSA) is 113 Å². The highest BCUT2D eigenvalue weighted by molar-refractivity contribution is 7.99. The number of carbonyl (C=O) groups excluding carboxylic acids is 1. The van der Waals surface area contributed by atoms with Gasteiger partial charge in [-0.1, -0.05) is 0 Å². The first-order valence-corrected chi connectivity index (χ1v) is 6.87. The molecule has 1 aromatic rings. The van der Waals surface area contributed by atoms with Gasteiger partial charge in [0.15, 0.2) is 0 Å². The average Bonchev–Trinajstić information content (AvgIpc) is 2.90. The van der Waals surface area contributed by atoms with E-state index in [-0.39, 0.29) is 23.0 Å². The number of anilines is 1. The number of nitrogens with zero attached hydrogens (tertiary/aromatic N) is 2. The third-order valence-corrected chi connectivity index (χ3v) is 3.84. The van der Waals surface area contributed by atoms with Crippen molar-refractivity contribution in [3.63, 3.8) is 0 Å². The van der Waals surface area contributed by atoms with E-state index in [9.17, 15) is 24.1 Å². The number of nitro groups is 1. The molecule has 1 aromatic carbocycles. The molecule has 8 nitrogen and oxygen atoms in total. The molecule has 0 bridgehead atoms. The number of carboxylic acids is 1. The number of amides is 2. The van der Waals surface area contributed by atoms with E-state index in [0.717, 1.165) is 23.1 Å². The Balaban J connectivity index is 2.18. The van der Waals surface area contributed by atoms with Crippen LogP contribution in [0.4, 0.5) is 20.6 Å². The van der Waals surface area contributed by atoms with Crippen LogP contribution in [0.3, 0.4) is 0 Å². The van der Waals surface area contributed by atoms with E-state index in [1.165, 1.54) is 11.8 Å². The van der Waals surface area contributed by atoms with E-state index in [1.807, 2.05) is 0 Å². The normalized spacial score (nSPS) is 17.6. The quantitative estimate of drug-likeness (QED) is 0.648. The minimum atomic E-state index is -1.16. The second-order valence-corrected chi connectivity index (χ2v) is 5.17. The van der Waals surface area contributed by atoms with Crippen LogP contribution in [0.5, 0.6) is 0 Å². The zero-order valence-corrected chi connectivity index (χ0v) is 11.3. The van der Waals surface area contributed by atoms with Gasteiger partial charge in [-0.05, 0) is 6.07 Å². The molecule has 1 atom stereocenters. The van der Waals surface area contributed by atoms with Gasteiger partial charge in [0.05, 0.1) is 16.5 Å². The molecule has 21 heavy (non-hydrogen) atoms. The highest BCUT2D eigenvalue weighted by atomic mass is 32.2. The van der Waals surface area contributed by atoms with E-state index < -0.39 is 28.8 Å². The fourth-order valence-corrected chi connectivity index (χ4v) is 2.90. The number of rotatable bonds is 3. The maximum absolute atomic E-state index is 13.6. The lowest BCUT2D eigenvalue weighted by Gasteiger charge is -2.20. The molecular weight excluding hydrogens is 305 g/mol. The molecule has 2 rings (SSSR count). The van der Waals surface area contributed by atoms with Gasteiger partial charge < -0.3 is 15.3 Å². The Morgan fingerprint density at radius 1 is 1.52 bits per heavy atom. The summed E-state index contributed by atoms with van der Waals surface area (Å²) in [5.41, 5.74) is -0.743. The number of thioether (sulfide) groups is 1. The van der Waals surface area contributed by atoms with Crippen molar-refractivity contribution < 1.29 is 24.0 Å². The van der Waals surface area contributed by atoms with Crippen molar-refractivity contribution in [3.05, 3.63) is 34.1 Å². The van der Waals surface area contributed by atoms with Gasteiger partial charge in [-0.2, -0.15) is 0 Å². The zero-order chi connectivity index (χ0) is 15.6. The number of halogens is 1. The largest absolute Gasteiger partial charge is 0.480 e. The molecule has 2 N–H and O–H groups in total. The summed E-state index contributed by atoms with van der Waals surface area (Å²) in [6.07, 6.45) is 0. The van der Waals surface area contributed by atoms with Crippen LogP contribution >= 0.6 is 11.8 Å². The van der Waals surface area contributed by atoms with E-state index in [0.29, 0.717) is 0 Å². The van der Waals surface area contributed by atoms with Crippen LogP contribution in [-0.4, -0.2) is 44.6 Å². The predicted molar refractivity (Wildman–Crippen MR) is 72.7 cm³/mol. The third-order valence-electron chi connectivity index (χ3n) is 2.83. The highest BCUT2D eigenvalue weighted by Gasteiger charge is 2.35. The van der Waals surface area contributed by atoms with Gasteiger partial charge in [0, 0.05) is 17.9 Å². The van der Waals surface area contributed by atoms with Crippen LogP contribution in [-0.2, 0) is 4.79 Å². The third kappa shape index (κ3) is 3.21. The number of nitro benzene ring substituents is 1. The Bertz CT molecular complexity index is 612. The Kier molecular flexibility index (Phi) is 4.26. The van der Waals surface area contributed by atoms with Crippen molar-refractivity contribution >= 4 is 35.1 Å². The molecule has 1 aliphatic heterocycles. The molecule has 2 amide bonds. The number of hydrogen-bond donors (Lipinski definition) is 2. The van der Waals surface area contributed by atoms with E-state index in [1.54, 1.807) is 0 Å². The molecule has 0 radical (unpaired) electrons. The number of hydrogen-bond acceptors (Lipinski definition) is 5. The molecule has 0 spiro atoms. The fourth-order valence-electron chi connectivity index (χ4n) is 1.76. The molecule has 10 heteroatoms. The molecule has 1 fully saturated rings. The minimum Gasteiger partial charge on any atom is -0.480 e. The summed E-state index contributed by atoms with van der Waals surface area (Å²) >= 11 is 1.25. The van der Waals surface area contributed by atoms with Gasteiger partial charge in [-0.25, -0.2) is 14.0 Å². The van der Waals surface area contributed by atoms with Gasteiger partial charge in [0.2, 0.25) is 0 Å². The molecule has 112 valence electrons. The minimum absolute atomic E-state index is 0.152. The molecule has 0 aliphatic carbocycles. The van der Waals surface area contributed by atoms with Gasteiger partial charge >= 0.3 is 12.0 Å². The maximum atomic E-state index is 13.6. The number of non-ortho nitro benzene ring substituents is 1. The summed E-state index contributed by atoms with van der Waals surface area (Å²) in [4.78, 5) is 33.9. The summed E-state index contributed by atoms with van der Waals surface area (Å²) < 4.78 is 13.6. The molecule has 1 saturated heterocycles. The Morgan fingerprint density at radius 2 is 2.24 bits per heavy atom. The zero-order valence-electron chi connectivity index (χ0n) is 10.5. The van der Waals surface area contributed by atoms with Crippen molar-refractivity contribution in [1.82, 2.24) is 4.90 Å². The summed E-state index contributed by atoms with van der Waals surface area (Å²) in [5, 5.41) is 21.8. The van der Waals surface area contributed by atoms with Crippen molar-refractivity contribution in [2.24, 2.45) is 0 Å². The smallest absolute Gasteiger partial charge is 0.327 e. The lowest BCUT2D eigenvalue weighted by Crippen LogP contribution is -2.44. The van der Waals surface area contributed by atoms with Crippen LogP contribution < -0.4 is 5.32 Å². The summed E-state index contributed by atoms with van der Waals surface area (Å²) in [7, 11) is 0. The summed E-state index contributed by atoms with van der Waals surface area (Å²) in [6.45, 7) is 0. The monoisotopic (exact) mass is 315 g/mol. The summed E-state index contributed by atoms with van der Waals surface area (Å²) in [6, 6.07) is 0.896. The van der Waals surface area contributed by atoms with Gasteiger partial charge in [-0.3, -0.25) is 10.1 Å². The maximum Gasteiger partial charge on any atom is 0.327 e. The van der Waals surface area contributed by atoms with Crippen LogP contribution in [0.2, 0.25) is 0 Å². The van der Waals surface area contributed by atoms with Gasteiger partial charge in [-0.15, -0.1) is 11.8 Å². The number of nitrogens with one attached hydrogen (secondary N) is 1. The van der Waals surface area contributed by atoms with E-state index in [4.69, 9.17) is 5.11 Å². The summed E-state index contributed by atoms with van der Waals surface area (Å²) in [5.74, 6) is -1.61. The first-order chi connectivity index (χ1) is 9.90. The number of urea groups is 1. The Hall–Kier alpha value is -2.36. The molecule has 0 unspecified atom stereocenters. The van der Waals surface area contributed by atoms with Gasteiger partial charge in [0.1, 0.15) is 11.9 Å². The number of carbonyl (C=O) groups is 2. The molecule has 0 saturated carbocycles. The fraction of sp³-hybridized carbons (Fsp3) is 0.273. The average molecular weight is 315 g/mol. The first kappa shape index (κ1) is 15.0. The van der Waals surface area contributed by atoms with Crippen LogP contribution in [0.15, 0.2) is 18.2 Å². The second kappa shape index (κ2) is 5.95. The SMILES string of the molecule is O=C(O)[C@@H]1CSCN1C(=O)Nc1cc([N+](=O)[O-])ccc1F. The van der Waals surface area contributed by atoms with Gasteiger partial charge in [0.25, 0.3) is 5.69 Å². The van der Waals surface area contributed by atoms with Crippen molar-refractivity contribution in [2.45, 2.75) is 6.04 Å². The van der Waals surface area contributed by atoms with E-state index >= 15 is 0 Å². The molecular formula is C11H10FN3O5S. The molecule has 1 aliphatic rings. The van der Waals surface area contributed by atoms with Crippen LogP contribution in [0.1, 0.15) is 0 Å². The molecule has 1 heterocycles. The van der Waals surface area contributed by atoms with Crippen molar-refractivity contribution in [1.29, 1.82) is 0 Å². The second-order valence-electron chi connectivity index (χ2n) is 4.18. The highest BCUT2D eigenvalue weighted by Crippen LogP contribution is 2.25. The number of carboxylic acid groups (broad SMARTS) is 1. The number of benzene rings is 1. The predicted octanol–water partition coefficient (Wildman–Crippen LogP) is 1.73. The van der Waals surface area contributed by atoms with Crippen LogP contribution in [0.25, 0.3) is 0 Å². The number of aliphatic carboxylic acids is 1. The van der Waals surface area contributed by atoms with E-state index in [2.05, 4.69) is 5.32 Å².